The van der Waals surface area contributed by atoms with E-state index in [1.807, 2.05) is 58.3 Å². The Balaban J connectivity index is 1.13. The number of fused-ring (bicyclic) bond motifs is 2. The zero-order chi connectivity index (χ0) is 37.3. The number of hydrogen-bond acceptors (Lipinski definition) is 6. The van der Waals surface area contributed by atoms with E-state index in [1.54, 1.807) is 0 Å². The maximum Gasteiger partial charge on any atom is 0.418 e. The van der Waals surface area contributed by atoms with Crippen molar-refractivity contribution in [1.29, 1.82) is 0 Å². The molecule has 10 nitrogen and oxygen atoms in total. The highest BCUT2D eigenvalue weighted by Gasteiger charge is 2.36. The van der Waals surface area contributed by atoms with Crippen LogP contribution in [0.25, 0.3) is 11.0 Å². The summed E-state index contributed by atoms with van der Waals surface area (Å²) in [5, 5.41) is 2.87. The molecule has 0 radical (unpaired) electrons. The third-order valence-electron chi connectivity index (χ3n) is 11.1. The molecule has 4 heterocycles. The number of hydrogen-bond donors (Lipinski definition) is 2. The molecule has 2 fully saturated rings. The van der Waals surface area contributed by atoms with Crippen LogP contribution in [0.5, 0.6) is 0 Å². The molecular formula is C39H46ClF3N8O2. The number of benzene rings is 3. The number of alkyl halides is 3. The molecular weight excluding hydrogens is 705 g/mol. The Hall–Kier alpha value is -4.33. The summed E-state index contributed by atoms with van der Waals surface area (Å²) in [5.41, 5.74) is 8.23. The monoisotopic (exact) mass is 750 g/mol. The second-order valence-electron chi connectivity index (χ2n) is 14.5. The number of carbonyl (C=O) groups excluding carboxylic acids is 2. The number of rotatable bonds is 9. The molecule has 2 saturated heterocycles. The molecule has 1 atom stereocenters. The average Bonchev–Trinajstić information content (AvgIpc) is 3.42. The summed E-state index contributed by atoms with van der Waals surface area (Å²) in [4.78, 5) is 40.8. The van der Waals surface area contributed by atoms with Gasteiger partial charge in [-0.1, -0.05) is 41.9 Å². The quantitative estimate of drug-likeness (QED) is 0.194. The summed E-state index contributed by atoms with van der Waals surface area (Å²) in [6, 6.07) is 18.0. The molecule has 4 aromatic rings. The summed E-state index contributed by atoms with van der Waals surface area (Å²) in [6.45, 7) is 6.75. The molecule has 1 aromatic heterocycles. The fourth-order valence-corrected chi connectivity index (χ4v) is 8.27. The van der Waals surface area contributed by atoms with Crippen molar-refractivity contribution in [3.05, 3.63) is 88.2 Å². The van der Waals surface area contributed by atoms with E-state index in [0.29, 0.717) is 50.4 Å². The van der Waals surface area contributed by atoms with Gasteiger partial charge in [0.25, 0.3) is 0 Å². The van der Waals surface area contributed by atoms with Crippen LogP contribution >= 0.6 is 11.6 Å². The van der Waals surface area contributed by atoms with Gasteiger partial charge in [0.2, 0.25) is 5.91 Å². The molecule has 14 heteroatoms. The first-order valence-corrected chi connectivity index (χ1v) is 18.8. The van der Waals surface area contributed by atoms with Crippen molar-refractivity contribution in [2.45, 2.75) is 56.8 Å². The standard InChI is InChI=1S/C39H46ClF3N8O2/c1-47-16-18-48(19-17-47)20-21-51-34-9-5-4-8-33(34)45-37(51)28(22-26-23-30(39(41,42)43)36(44)31(40)24-26)25-35(52)49-13-11-29(12-14-49)50-15-10-27-6-2-3-7-32(27)46-38(50)53/h2-9,23-24,28-29H,10-22,25,44H2,1H3,(H,46,53). The van der Waals surface area contributed by atoms with E-state index in [4.69, 9.17) is 22.3 Å². The first-order valence-electron chi connectivity index (χ1n) is 18.4. The van der Waals surface area contributed by atoms with Crippen LogP contribution in [0.3, 0.4) is 0 Å². The lowest BCUT2D eigenvalue weighted by Gasteiger charge is -2.38. The Bertz CT molecular complexity index is 1950. The van der Waals surface area contributed by atoms with Crippen molar-refractivity contribution >= 4 is 45.9 Å². The van der Waals surface area contributed by atoms with Gasteiger partial charge in [-0.25, -0.2) is 9.78 Å². The maximum atomic E-state index is 14.2. The number of imidazole rings is 1. The zero-order valence-electron chi connectivity index (χ0n) is 29.9. The molecule has 3 aromatic carbocycles. The number of para-hydroxylation sites is 3. The third-order valence-corrected chi connectivity index (χ3v) is 11.4. The Morgan fingerprint density at radius 2 is 1.70 bits per heavy atom. The molecule has 1 unspecified atom stereocenters. The largest absolute Gasteiger partial charge is 0.418 e. The lowest BCUT2D eigenvalue weighted by molar-refractivity contribution is -0.137. The van der Waals surface area contributed by atoms with E-state index < -0.39 is 23.3 Å². The van der Waals surface area contributed by atoms with Crippen molar-refractivity contribution in [3.8, 4) is 0 Å². The molecule has 0 aliphatic carbocycles. The number of piperidine rings is 1. The van der Waals surface area contributed by atoms with Crippen LogP contribution < -0.4 is 11.1 Å². The second kappa shape index (κ2) is 15.6. The van der Waals surface area contributed by atoms with Gasteiger partial charge in [0.05, 0.1) is 27.3 Å². The highest BCUT2D eigenvalue weighted by Crippen LogP contribution is 2.39. The Morgan fingerprint density at radius 1 is 0.981 bits per heavy atom. The number of aromatic nitrogens is 2. The summed E-state index contributed by atoms with van der Waals surface area (Å²) < 4.78 is 44.3. The van der Waals surface area contributed by atoms with E-state index >= 15 is 0 Å². The topological polar surface area (TPSA) is 103 Å². The Labute approximate surface area is 312 Å². The molecule has 0 bridgehead atoms. The van der Waals surface area contributed by atoms with Gasteiger partial charge in [0, 0.05) is 83.0 Å². The van der Waals surface area contributed by atoms with Crippen LogP contribution in [0.2, 0.25) is 5.02 Å². The van der Waals surface area contributed by atoms with Crippen LogP contribution in [-0.2, 0) is 30.4 Å². The summed E-state index contributed by atoms with van der Waals surface area (Å²) in [7, 11) is 2.11. The van der Waals surface area contributed by atoms with Gasteiger partial charge in [-0.15, -0.1) is 0 Å². The molecule has 282 valence electrons. The minimum atomic E-state index is -4.69. The number of amides is 3. The number of piperazine rings is 1. The highest BCUT2D eigenvalue weighted by molar-refractivity contribution is 6.33. The molecule has 3 aliphatic heterocycles. The molecule has 3 aliphatic rings. The molecule has 0 saturated carbocycles. The Morgan fingerprint density at radius 3 is 2.45 bits per heavy atom. The van der Waals surface area contributed by atoms with Crippen LogP contribution in [0.1, 0.15) is 47.7 Å². The van der Waals surface area contributed by atoms with E-state index in [1.165, 1.54) is 6.07 Å². The molecule has 53 heavy (non-hydrogen) atoms. The minimum Gasteiger partial charge on any atom is -0.397 e. The summed E-state index contributed by atoms with van der Waals surface area (Å²) in [6.07, 6.45) is -2.53. The number of urea groups is 1. The van der Waals surface area contributed by atoms with Crippen molar-refractivity contribution in [1.82, 2.24) is 29.2 Å². The first-order chi connectivity index (χ1) is 25.4. The smallest absolute Gasteiger partial charge is 0.397 e. The third kappa shape index (κ3) is 8.27. The normalized spacial score (nSPS) is 18.5. The van der Waals surface area contributed by atoms with Crippen LogP contribution in [0.4, 0.5) is 29.3 Å². The van der Waals surface area contributed by atoms with E-state index in [9.17, 15) is 22.8 Å². The molecule has 7 rings (SSSR count). The highest BCUT2D eigenvalue weighted by atomic mass is 35.5. The van der Waals surface area contributed by atoms with E-state index in [-0.39, 0.29) is 35.8 Å². The SMILES string of the molecule is CN1CCN(CCn2c(C(CC(=O)N3CCC(N4CCc5ccccc5NC4=O)CC3)Cc3cc(Cl)c(N)c(C(F)(F)F)c3)nc3ccccc32)CC1. The van der Waals surface area contributed by atoms with Crippen molar-refractivity contribution in [3.63, 3.8) is 0 Å². The van der Waals surface area contributed by atoms with Gasteiger partial charge < -0.3 is 30.3 Å². The van der Waals surface area contributed by atoms with Crippen molar-refractivity contribution in [2.75, 3.05) is 70.5 Å². The second-order valence-corrected chi connectivity index (χ2v) is 14.9. The number of nitrogens with zero attached hydrogens (tertiary/aromatic N) is 6. The van der Waals surface area contributed by atoms with Gasteiger partial charge in [0.1, 0.15) is 5.82 Å². The maximum absolute atomic E-state index is 14.2. The van der Waals surface area contributed by atoms with Gasteiger partial charge in [0.15, 0.2) is 0 Å². The number of nitrogens with one attached hydrogen (secondary N) is 1. The van der Waals surface area contributed by atoms with Gasteiger partial charge in [-0.3, -0.25) is 9.69 Å². The lowest BCUT2D eigenvalue weighted by Crippen LogP contribution is -2.50. The van der Waals surface area contributed by atoms with E-state index in [0.717, 1.165) is 67.5 Å². The van der Waals surface area contributed by atoms with Gasteiger partial charge in [-0.2, -0.15) is 13.2 Å². The van der Waals surface area contributed by atoms with E-state index in [2.05, 4.69) is 26.7 Å². The fraction of sp³-hybridized carbons (Fsp3) is 0.462. The van der Waals surface area contributed by atoms with Crippen molar-refractivity contribution < 1.29 is 22.8 Å². The molecule has 0 spiro atoms. The lowest BCUT2D eigenvalue weighted by atomic mass is 9.92. The fourth-order valence-electron chi connectivity index (χ4n) is 8.02. The zero-order valence-corrected chi connectivity index (χ0v) is 30.7. The van der Waals surface area contributed by atoms with Crippen molar-refractivity contribution in [2.24, 2.45) is 0 Å². The number of nitrogens with two attached hydrogens (primary N) is 1. The number of likely N-dealkylation sites (tertiary alicyclic amines) is 1. The van der Waals surface area contributed by atoms with Crippen LogP contribution in [-0.4, -0.2) is 107 Å². The van der Waals surface area contributed by atoms with Gasteiger partial charge >= 0.3 is 12.2 Å². The Kier molecular flexibility index (Phi) is 10.9. The van der Waals surface area contributed by atoms with Gasteiger partial charge in [-0.05, 0) is 74.2 Å². The first kappa shape index (κ1) is 37.0. The predicted octanol–water partition coefficient (Wildman–Crippen LogP) is 6.34. The predicted molar refractivity (Wildman–Crippen MR) is 201 cm³/mol. The summed E-state index contributed by atoms with van der Waals surface area (Å²) >= 11 is 6.29. The van der Waals surface area contributed by atoms with Crippen LogP contribution in [0, 0.1) is 0 Å². The number of anilines is 2. The number of halogens is 4. The number of carbonyl (C=O) groups is 2. The summed E-state index contributed by atoms with van der Waals surface area (Å²) in [5.74, 6) is 0.0121. The number of likely N-dealkylation sites (N-methyl/N-ethyl adjacent to an activating group) is 1. The molecule has 3 N–H and O–H groups in total. The van der Waals surface area contributed by atoms with Crippen LogP contribution in [0.15, 0.2) is 60.7 Å². The number of nitrogen functional groups attached to an aromatic ring is 1. The minimum absolute atomic E-state index is 0.0133. The molecule has 3 amide bonds. The average molecular weight is 751 g/mol.